The molecule has 148 valence electrons. The molecule has 1 aromatic heterocycles. The van der Waals surface area contributed by atoms with E-state index in [9.17, 15) is 9.59 Å². The average molecular weight is 409 g/mol. The topological polar surface area (TPSA) is 80.8 Å². The fourth-order valence-electron chi connectivity index (χ4n) is 3.63. The molecule has 5 rings (SSSR count). The van der Waals surface area contributed by atoms with Crippen LogP contribution in [0.25, 0.3) is 10.2 Å². The highest BCUT2D eigenvalue weighted by atomic mass is 32.1. The third kappa shape index (κ3) is 3.00. The number of thiazole rings is 1. The molecular weight excluding hydrogens is 390 g/mol. The third-order valence-electron chi connectivity index (χ3n) is 5.23. The maximum Gasteiger partial charge on any atom is 0.325 e. The highest BCUT2D eigenvalue weighted by Crippen LogP contribution is 2.37. The number of benzene rings is 2. The molecule has 0 unspecified atom stereocenters. The van der Waals surface area contributed by atoms with Gasteiger partial charge < -0.3 is 14.8 Å². The van der Waals surface area contributed by atoms with Crippen molar-refractivity contribution >= 4 is 33.5 Å². The van der Waals surface area contributed by atoms with Gasteiger partial charge in [0.15, 0.2) is 11.5 Å². The Morgan fingerprint density at radius 2 is 1.93 bits per heavy atom. The molecule has 29 heavy (non-hydrogen) atoms. The predicted molar refractivity (Wildman–Crippen MR) is 108 cm³/mol. The monoisotopic (exact) mass is 409 g/mol. The molecule has 1 N–H and O–H groups in total. The Kier molecular flexibility index (Phi) is 4.16. The number of hydrogen-bond acceptors (Lipinski definition) is 6. The molecule has 1 saturated heterocycles. The zero-order chi connectivity index (χ0) is 20.0. The van der Waals surface area contributed by atoms with Crippen LogP contribution in [0, 0.1) is 0 Å². The normalized spacial score (nSPS) is 21.3. The van der Waals surface area contributed by atoms with E-state index in [4.69, 9.17) is 9.47 Å². The van der Waals surface area contributed by atoms with Gasteiger partial charge in [-0.15, -0.1) is 11.3 Å². The lowest BCUT2D eigenvalue weighted by Crippen LogP contribution is -2.40. The van der Waals surface area contributed by atoms with E-state index in [-0.39, 0.29) is 12.5 Å². The Morgan fingerprint density at radius 1 is 1.14 bits per heavy atom. The quantitative estimate of drug-likeness (QED) is 0.671. The largest absolute Gasteiger partial charge is 0.490 e. The first kappa shape index (κ1) is 17.9. The van der Waals surface area contributed by atoms with Crippen LogP contribution in [-0.2, 0) is 16.9 Å². The Hall–Kier alpha value is -3.13. The van der Waals surface area contributed by atoms with Crippen LogP contribution in [0.15, 0.2) is 42.5 Å². The highest BCUT2D eigenvalue weighted by Gasteiger charge is 2.49. The van der Waals surface area contributed by atoms with Gasteiger partial charge in [-0.05, 0) is 36.8 Å². The van der Waals surface area contributed by atoms with E-state index in [0.29, 0.717) is 30.3 Å². The summed E-state index contributed by atoms with van der Waals surface area (Å²) in [5.41, 5.74) is 0.357. The molecule has 0 aliphatic carbocycles. The summed E-state index contributed by atoms with van der Waals surface area (Å²) in [6.45, 7) is 3.00. The first-order chi connectivity index (χ1) is 14.0. The molecule has 2 aromatic carbocycles. The zero-order valence-electron chi connectivity index (χ0n) is 15.8. The molecule has 2 aliphatic rings. The van der Waals surface area contributed by atoms with Crippen LogP contribution in [0.4, 0.5) is 4.79 Å². The number of nitrogens with zero attached hydrogens (tertiary/aromatic N) is 2. The molecule has 3 heterocycles. The second-order valence-electron chi connectivity index (χ2n) is 7.23. The van der Waals surface area contributed by atoms with Gasteiger partial charge in [0.05, 0.1) is 30.0 Å². The van der Waals surface area contributed by atoms with Crippen molar-refractivity contribution in [2.24, 2.45) is 0 Å². The van der Waals surface area contributed by atoms with Crippen molar-refractivity contribution in [2.75, 3.05) is 13.2 Å². The first-order valence-corrected chi connectivity index (χ1v) is 10.2. The van der Waals surface area contributed by atoms with Gasteiger partial charge in [-0.3, -0.25) is 9.69 Å². The van der Waals surface area contributed by atoms with Crippen LogP contribution in [0.1, 0.15) is 23.9 Å². The summed E-state index contributed by atoms with van der Waals surface area (Å²) in [5, 5.41) is 3.56. The molecule has 0 spiro atoms. The predicted octanol–water partition coefficient (Wildman–Crippen LogP) is 3.42. The molecule has 3 aromatic rings. The van der Waals surface area contributed by atoms with Crippen molar-refractivity contribution in [3.8, 4) is 11.5 Å². The molecule has 0 saturated carbocycles. The molecule has 3 amide bonds. The van der Waals surface area contributed by atoms with Crippen molar-refractivity contribution in [3.63, 3.8) is 0 Å². The lowest BCUT2D eigenvalue weighted by molar-refractivity contribution is -0.131. The van der Waals surface area contributed by atoms with Crippen molar-refractivity contribution in [1.82, 2.24) is 15.2 Å². The van der Waals surface area contributed by atoms with E-state index in [1.54, 1.807) is 25.1 Å². The lowest BCUT2D eigenvalue weighted by atomic mass is 9.91. The number of carbonyl (C=O) groups excluding carboxylic acids is 2. The number of fused-ring (bicyclic) bond motifs is 2. The van der Waals surface area contributed by atoms with Crippen LogP contribution in [0.3, 0.4) is 0 Å². The molecule has 2 aliphatic heterocycles. The summed E-state index contributed by atoms with van der Waals surface area (Å²) in [6, 6.07) is 12.7. The van der Waals surface area contributed by atoms with Crippen molar-refractivity contribution in [2.45, 2.75) is 25.4 Å². The Labute approximate surface area is 171 Å². The van der Waals surface area contributed by atoms with Gasteiger partial charge in [-0.25, -0.2) is 9.78 Å². The minimum atomic E-state index is -1.17. The van der Waals surface area contributed by atoms with E-state index in [1.165, 1.54) is 16.2 Å². The van der Waals surface area contributed by atoms with E-state index >= 15 is 0 Å². The standard InChI is InChI=1S/C21H19N3O4S/c1-21(13-7-8-15-16(11-13)28-10-4-9-27-15)19(25)24(20(26)23-21)12-18-22-14-5-2-3-6-17(14)29-18/h2-3,5-8,11H,4,9-10,12H2,1H3,(H,23,26)/t21-/m1/s1. The summed E-state index contributed by atoms with van der Waals surface area (Å²) in [6.07, 6.45) is 0.799. The van der Waals surface area contributed by atoms with Crippen LogP contribution in [0.5, 0.6) is 11.5 Å². The fraction of sp³-hybridized carbons (Fsp3) is 0.286. The van der Waals surface area contributed by atoms with E-state index in [2.05, 4.69) is 10.3 Å². The maximum atomic E-state index is 13.2. The fourth-order valence-corrected chi connectivity index (χ4v) is 4.59. The third-order valence-corrected chi connectivity index (χ3v) is 6.25. The first-order valence-electron chi connectivity index (χ1n) is 9.43. The molecule has 0 radical (unpaired) electrons. The zero-order valence-corrected chi connectivity index (χ0v) is 16.6. The number of ether oxygens (including phenoxy) is 2. The average Bonchev–Trinajstić information content (AvgIpc) is 3.10. The van der Waals surface area contributed by atoms with Crippen LogP contribution >= 0.6 is 11.3 Å². The number of amides is 3. The second-order valence-corrected chi connectivity index (χ2v) is 8.35. The number of carbonyl (C=O) groups is 2. The highest BCUT2D eigenvalue weighted by molar-refractivity contribution is 7.18. The Balaban J connectivity index is 1.44. The smallest absolute Gasteiger partial charge is 0.325 e. The Morgan fingerprint density at radius 3 is 2.76 bits per heavy atom. The SMILES string of the molecule is C[C@]1(c2ccc3c(c2)OCCCO3)NC(=O)N(Cc2nc3ccccc3s2)C1=O. The molecule has 1 fully saturated rings. The van der Waals surface area contributed by atoms with E-state index in [0.717, 1.165) is 21.6 Å². The number of para-hydroxylation sites is 1. The van der Waals surface area contributed by atoms with Gasteiger partial charge in [0, 0.05) is 6.42 Å². The number of hydrogen-bond donors (Lipinski definition) is 1. The van der Waals surface area contributed by atoms with Gasteiger partial charge in [0.25, 0.3) is 5.91 Å². The number of nitrogens with one attached hydrogen (secondary N) is 1. The Bertz CT molecular complexity index is 1100. The van der Waals surface area contributed by atoms with E-state index in [1.807, 2.05) is 24.3 Å². The summed E-state index contributed by atoms with van der Waals surface area (Å²) in [4.78, 5) is 31.7. The number of rotatable bonds is 3. The molecule has 7 nitrogen and oxygen atoms in total. The number of imide groups is 1. The number of aromatic nitrogens is 1. The van der Waals surface area contributed by atoms with Crippen molar-refractivity contribution in [1.29, 1.82) is 0 Å². The van der Waals surface area contributed by atoms with Crippen LogP contribution in [0.2, 0.25) is 0 Å². The molecule has 0 bridgehead atoms. The minimum Gasteiger partial charge on any atom is -0.490 e. The summed E-state index contributed by atoms with van der Waals surface area (Å²) >= 11 is 1.48. The summed E-state index contributed by atoms with van der Waals surface area (Å²) in [5.74, 6) is 0.932. The lowest BCUT2D eigenvalue weighted by Gasteiger charge is -2.23. The van der Waals surface area contributed by atoms with Gasteiger partial charge in [0.1, 0.15) is 10.5 Å². The van der Waals surface area contributed by atoms with Gasteiger partial charge in [-0.1, -0.05) is 18.2 Å². The van der Waals surface area contributed by atoms with Gasteiger partial charge in [0.2, 0.25) is 0 Å². The van der Waals surface area contributed by atoms with Gasteiger partial charge in [-0.2, -0.15) is 0 Å². The van der Waals surface area contributed by atoms with Crippen LogP contribution < -0.4 is 14.8 Å². The van der Waals surface area contributed by atoms with Crippen molar-refractivity contribution < 1.29 is 19.1 Å². The number of urea groups is 1. The van der Waals surface area contributed by atoms with Crippen LogP contribution in [-0.4, -0.2) is 35.0 Å². The van der Waals surface area contributed by atoms with Crippen molar-refractivity contribution in [3.05, 3.63) is 53.0 Å². The minimum absolute atomic E-state index is 0.143. The molecule has 1 atom stereocenters. The maximum absolute atomic E-state index is 13.2. The second kappa shape index (κ2) is 6.73. The summed E-state index contributed by atoms with van der Waals surface area (Å²) in [7, 11) is 0. The summed E-state index contributed by atoms with van der Waals surface area (Å²) < 4.78 is 12.4. The molecular formula is C21H19N3O4S. The van der Waals surface area contributed by atoms with E-state index < -0.39 is 11.6 Å². The molecule has 8 heteroatoms. The van der Waals surface area contributed by atoms with Gasteiger partial charge >= 0.3 is 6.03 Å².